The summed E-state index contributed by atoms with van der Waals surface area (Å²) in [5, 5.41) is 2.92. The molecular formula is C22H22BrNO5. The molecule has 0 aliphatic heterocycles. The maximum Gasteiger partial charge on any atom is 0.287 e. The molecule has 0 aliphatic carbocycles. The minimum atomic E-state index is -0.305. The first-order valence-electron chi connectivity index (χ1n) is 9.00. The van der Waals surface area contributed by atoms with Crippen molar-refractivity contribution in [2.45, 2.75) is 19.6 Å². The number of hydrogen-bond acceptors (Lipinski definition) is 5. The number of rotatable bonds is 8. The Morgan fingerprint density at radius 2 is 1.86 bits per heavy atom. The van der Waals surface area contributed by atoms with Crippen LogP contribution in [-0.4, -0.2) is 20.1 Å². The van der Waals surface area contributed by atoms with Crippen molar-refractivity contribution in [3.8, 4) is 17.2 Å². The molecule has 7 heteroatoms. The molecule has 152 valence electrons. The number of halogens is 1. The number of amides is 1. The molecule has 0 spiro atoms. The van der Waals surface area contributed by atoms with E-state index in [2.05, 4.69) is 21.2 Å². The van der Waals surface area contributed by atoms with Gasteiger partial charge in [0.1, 0.15) is 18.1 Å². The summed E-state index contributed by atoms with van der Waals surface area (Å²) in [7, 11) is 3.16. The number of methoxy groups -OCH3 is 2. The molecule has 3 aromatic rings. The number of carbonyl (C=O) groups is 1. The van der Waals surface area contributed by atoms with Gasteiger partial charge in [0.25, 0.3) is 5.91 Å². The zero-order valence-corrected chi connectivity index (χ0v) is 18.0. The van der Waals surface area contributed by atoms with Crippen molar-refractivity contribution in [1.29, 1.82) is 0 Å². The van der Waals surface area contributed by atoms with Gasteiger partial charge in [0, 0.05) is 4.47 Å². The van der Waals surface area contributed by atoms with Crippen molar-refractivity contribution in [2.24, 2.45) is 0 Å². The molecule has 0 radical (unpaired) electrons. The number of benzene rings is 2. The average molecular weight is 460 g/mol. The van der Waals surface area contributed by atoms with Gasteiger partial charge in [-0.05, 0) is 55.0 Å². The van der Waals surface area contributed by atoms with Crippen molar-refractivity contribution in [2.75, 3.05) is 14.2 Å². The van der Waals surface area contributed by atoms with E-state index in [1.165, 1.54) is 0 Å². The standard InChI is InChI=1S/C22H22BrNO5/c1-14(15-7-9-19(26-2)21(11-15)27-3)24-22(25)20-10-8-18(29-20)13-28-17-6-4-5-16(23)12-17/h4-12,14H,13H2,1-3H3,(H,24,25). The Hall–Kier alpha value is -2.93. The molecule has 3 rings (SSSR count). The third kappa shape index (κ3) is 5.32. The third-order valence-electron chi connectivity index (χ3n) is 4.32. The van der Waals surface area contributed by atoms with Crippen molar-refractivity contribution < 1.29 is 23.4 Å². The average Bonchev–Trinajstić information content (AvgIpc) is 3.21. The van der Waals surface area contributed by atoms with Crippen LogP contribution in [0, 0.1) is 0 Å². The molecule has 1 aromatic heterocycles. The van der Waals surface area contributed by atoms with Crippen LogP contribution in [0.25, 0.3) is 0 Å². The Morgan fingerprint density at radius 3 is 2.59 bits per heavy atom. The third-order valence-corrected chi connectivity index (χ3v) is 4.81. The second-order valence-corrected chi connectivity index (χ2v) is 7.24. The van der Waals surface area contributed by atoms with Crippen LogP contribution in [0.15, 0.2) is 63.5 Å². The predicted octanol–water partition coefficient (Wildman–Crippen LogP) is 5.13. The predicted molar refractivity (Wildman–Crippen MR) is 113 cm³/mol. The largest absolute Gasteiger partial charge is 0.493 e. The Balaban J connectivity index is 1.61. The van der Waals surface area contributed by atoms with Gasteiger partial charge in [-0.1, -0.05) is 28.1 Å². The number of hydrogen-bond donors (Lipinski definition) is 1. The van der Waals surface area contributed by atoms with Gasteiger partial charge in [-0.3, -0.25) is 4.79 Å². The van der Waals surface area contributed by atoms with Crippen LogP contribution in [0.4, 0.5) is 0 Å². The van der Waals surface area contributed by atoms with Crippen LogP contribution in [0.2, 0.25) is 0 Å². The van der Waals surface area contributed by atoms with Crippen LogP contribution in [0.3, 0.4) is 0 Å². The minimum absolute atomic E-state index is 0.227. The van der Waals surface area contributed by atoms with E-state index in [1.807, 2.05) is 43.3 Å². The fraction of sp³-hybridized carbons (Fsp3) is 0.227. The molecule has 1 unspecified atom stereocenters. The summed E-state index contributed by atoms with van der Waals surface area (Å²) in [6.07, 6.45) is 0. The zero-order chi connectivity index (χ0) is 20.8. The lowest BCUT2D eigenvalue weighted by Crippen LogP contribution is -2.26. The first-order chi connectivity index (χ1) is 14.0. The molecule has 1 N–H and O–H groups in total. The van der Waals surface area contributed by atoms with Crippen molar-refractivity contribution >= 4 is 21.8 Å². The first kappa shape index (κ1) is 20.8. The molecule has 6 nitrogen and oxygen atoms in total. The van der Waals surface area contributed by atoms with E-state index in [-0.39, 0.29) is 24.3 Å². The lowest BCUT2D eigenvalue weighted by molar-refractivity contribution is 0.0907. The topological polar surface area (TPSA) is 69.9 Å². The SMILES string of the molecule is COc1ccc(C(C)NC(=O)c2ccc(COc3cccc(Br)c3)o2)cc1OC. The lowest BCUT2D eigenvalue weighted by Gasteiger charge is -2.16. The number of furan rings is 1. The van der Waals surface area contributed by atoms with Gasteiger partial charge in [0.15, 0.2) is 17.3 Å². The highest BCUT2D eigenvalue weighted by Gasteiger charge is 2.17. The fourth-order valence-electron chi connectivity index (χ4n) is 2.76. The minimum Gasteiger partial charge on any atom is -0.493 e. The molecule has 29 heavy (non-hydrogen) atoms. The molecule has 1 atom stereocenters. The summed E-state index contributed by atoms with van der Waals surface area (Å²) in [4.78, 5) is 12.5. The molecule has 0 saturated carbocycles. The van der Waals surface area contributed by atoms with Crippen molar-refractivity contribution in [3.63, 3.8) is 0 Å². The molecule has 0 aliphatic rings. The van der Waals surface area contributed by atoms with Crippen LogP contribution in [0.1, 0.15) is 34.8 Å². The molecule has 0 saturated heterocycles. The maximum atomic E-state index is 12.5. The van der Waals surface area contributed by atoms with Gasteiger partial charge in [0.05, 0.1) is 20.3 Å². The molecule has 2 aromatic carbocycles. The monoisotopic (exact) mass is 459 g/mol. The van der Waals surface area contributed by atoms with Crippen LogP contribution >= 0.6 is 15.9 Å². The van der Waals surface area contributed by atoms with Gasteiger partial charge in [0.2, 0.25) is 0 Å². The van der Waals surface area contributed by atoms with E-state index in [9.17, 15) is 4.79 Å². The Labute approximate surface area is 177 Å². The fourth-order valence-corrected chi connectivity index (χ4v) is 3.14. The number of carbonyl (C=O) groups excluding carboxylic acids is 1. The van der Waals surface area contributed by atoms with Crippen LogP contribution in [-0.2, 0) is 6.61 Å². The summed E-state index contributed by atoms with van der Waals surface area (Å²) in [6, 6.07) is 16.2. The highest BCUT2D eigenvalue weighted by molar-refractivity contribution is 9.10. The molecular weight excluding hydrogens is 438 g/mol. The van der Waals surface area contributed by atoms with Gasteiger partial charge < -0.3 is 23.9 Å². The quantitative estimate of drug-likeness (QED) is 0.505. The van der Waals surface area contributed by atoms with Crippen LogP contribution < -0.4 is 19.5 Å². The van der Waals surface area contributed by atoms with Gasteiger partial charge >= 0.3 is 0 Å². The Kier molecular flexibility index (Phi) is 6.82. The highest BCUT2D eigenvalue weighted by Crippen LogP contribution is 2.30. The summed E-state index contributed by atoms with van der Waals surface area (Å²) in [6.45, 7) is 2.12. The Morgan fingerprint density at radius 1 is 1.07 bits per heavy atom. The summed E-state index contributed by atoms with van der Waals surface area (Å²) >= 11 is 3.40. The first-order valence-corrected chi connectivity index (χ1v) is 9.79. The highest BCUT2D eigenvalue weighted by atomic mass is 79.9. The lowest BCUT2D eigenvalue weighted by atomic mass is 10.1. The van der Waals surface area contributed by atoms with E-state index < -0.39 is 0 Å². The Bertz CT molecular complexity index is 985. The van der Waals surface area contributed by atoms with E-state index in [4.69, 9.17) is 18.6 Å². The van der Waals surface area contributed by atoms with E-state index in [1.54, 1.807) is 32.4 Å². The molecule has 1 amide bonds. The van der Waals surface area contributed by atoms with Crippen LogP contribution in [0.5, 0.6) is 17.2 Å². The molecule has 0 bridgehead atoms. The molecule has 0 fully saturated rings. The normalized spacial score (nSPS) is 11.6. The molecule has 1 heterocycles. The van der Waals surface area contributed by atoms with Gasteiger partial charge in [-0.25, -0.2) is 0 Å². The van der Waals surface area contributed by atoms with Gasteiger partial charge in [-0.2, -0.15) is 0 Å². The summed E-state index contributed by atoms with van der Waals surface area (Å²) < 4.78 is 22.8. The van der Waals surface area contributed by atoms with E-state index in [0.29, 0.717) is 23.0 Å². The van der Waals surface area contributed by atoms with E-state index >= 15 is 0 Å². The van der Waals surface area contributed by atoms with Gasteiger partial charge in [-0.15, -0.1) is 0 Å². The maximum absolute atomic E-state index is 12.5. The second kappa shape index (κ2) is 9.52. The smallest absolute Gasteiger partial charge is 0.287 e. The number of ether oxygens (including phenoxy) is 3. The second-order valence-electron chi connectivity index (χ2n) is 6.32. The van der Waals surface area contributed by atoms with Crippen molar-refractivity contribution in [3.05, 3.63) is 76.2 Å². The summed E-state index contributed by atoms with van der Waals surface area (Å²) in [5.74, 6) is 2.44. The van der Waals surface area contributed by atoms with E-state index in [0.717, 1.165) is 10.0 Å². The van der Waals surface area contributed by atoms with Crippen molar-refractivity contribution in [1.82, 2.24) is 5.32 Å². The summed E-state index contributed by atoms with van der Waals surface area (Å²) in [5.41, 5.74) is 0.890. The zero-order valence-electron chi connectivity index (χ0n) is 16.4. The number of nitrogens with one attached hydrogen (secondary N) is 1.